The first-order valence-electron chi connectivity index (χ1n) is 7.68. The highest BCUT2D eigenvalue weighted by atomic mass is 35.5. The lowest BCUT2D eigenvalue weighted by Crippen LogP contribution is -2.27. The van der Waals surface area contributed by atoms with Crippen molar-refractivity contribution in [1.29, 1.82) is 0 Å². The van der Waals surface area contributed by atoms with Crippen molar-refractivity contribution in [2.75, 3.05) is 24.2 Å². The molecule has 0 aliphatic carbocycles. The number of thioether (sulfide) groups is 1. The molecule has 120 valence electrons. The number of anilines is 1. The van der Waals surface area contributed by atoms with E-state index in [1.165, 1.54) is 0 Å². The van der Waals surface area contributed by atoms with E-state index in [0.717, 1.165) is 60.7 Å². The lowest BCUT2D eigenvalue weighted by molar-refractivity contribution is 0.672. The maximum Gasteiger partial charge on any atom is 0.225 e. The van der Waals surface area contributed by atoms with Crippen LogP contribution in [0.5, 0.6) is 0 Å². The fourth-order valence-corrected chi connectivity index (χ4v) is 2.93. The van der Waals surface area contributed by atoms with Gasteiger partial charge in [0.25, 0.3) is 0 Å². The molecule has 0 aliphatic rings. The minimum atomic E-state index is 0.255. The molecule has 0 aliphatic heterocycles. The molecule has 2 aromatic rings. The number of hydrogen-bond donors (Lipinski definition) is 0. The molecule has 2 aromatic heterocycles. The molecule has 7 heteroatoms. The van der Waals surface area contributed by atoms with Crippen molar-refractivity contribution in [1.82, 2.24) is 19.9 Å². The highest BCUT2D eigenvalue weighted by molar-refractivity contribution is 7.98. The molecule has 5 nitrogen and oxygen atoms in total. The quantitative estimate of drug-likeness (QED) is 0.408. The van der Waals surface area contributed by atoms with Crippen molar-refractivity contribution in [3.8, 4) is 0 Å². The maximum atomic E-state index is 6.15. The molecule has 0 unspecified atom stereocenters. The molecule has 0 spiro atoms. The van der Waals surface area contributed by atoms with Crippen LogP contribution in [0.25, 0.3) is 11.0 Å². The van der Waals surface area contributed by atoms with E-state index in [1.54, 1.807) is 18.1 Å². The predicted molar refractivity (Wildman–Crippen MR) is 93.9 cm³/mol. The van der Waals surface area contributed by atoms with Crippen LogP contribution in [0.1, 0.15) is 39.5 Å². The molecule has 2 rings (SSSR count). The lowest BCUT2D eigenvalue weighted by atomic mass is 10.2. The summed E-state index contributed by atoms with van der Waals surface area (Å²) in [5.74, 6) is 0.828. The first kappa shape index (κ1) is 17.2. The first-order valence-corrected chi connectivity index (χ1v) is 9.28. The van der Waals surface area contributed by atoms with Gasteiger partial charge in [-0.15, -0.1) is 11.8 Å². The van der Waals surface area contributed by atoms with E-state index in [9.17, 15) is 0 Å². The molecule has 0 saturated carbocycles. The van der Waals surface area contributed by atoms with Crippen LogP contribution in [0, 0.1) is 0 Å². The largest absolute Gasteiger partial charge is 0.355 e. The summed E-state index contributed by atoms with van der Waals surface area (Å²) in [6.45, 7) is 6.29. The smallest absolute Gasteiger partial charge is 0.225 e. The summed E-state index contributed by atoms with van der Waals surface area (Å²) in [5.41, 5.74) is 1.53. The number of rotatable bonds is 8. The van der Waals surface area contributed by atoms with E-state index in [2.05, 4.69) is 38.7 Å². The molecule has 0 aromatic carbocycles. The number of aromatic nitrogens is 4. The standard InChI is InChI=1S/C15H22ClN5S/c1-4-6-8-21(9-7-5-2)13-11-12(19-15(16)20-13)14(22-3)18-10-17-11/h10H,4-9H2,1-3H3. The average Bonchev–Trinajstić information content (AvgIpc) is 2.54. The van der Waals surface area contributed by atoms with Crippen LogP contribution >= 0.6 is 23.4 Å². The Labute approximate surface area is 140 Å². The molecular weight excluding hydrogens is 318 g/mol. The van der Waals surface area contributed by atoms with Gasteiger partial charge >= 0.3 is 0 Å². The zero-order valence-corrected chi connectivity index (χ0v) is 14.9. The van der Waals surface area contributed by atoms with Gasteiger partial charge in [-0.1, -0.05) is 26.7 Å². The van der Waals surface area contributed by atoms with E-state index < -0.39 is 0 Å². The van der Waals surface area contributed by atoms with Gasteiger partial charge in [0, 0.05) is 13.1 Å². The van der Waals surface area contributed by atoms with Gasteiger partial charge in [-0.2, -0.15) is 4.98 Å². The Morgan fingerprint density at radius 1 is 1.05 bits per heavy atom. The Kier molecular flexibility index (Phi) is 6.64. The molecule has 0 amide bonds. The van der Waals surface area contributed by atoms with Gasteiger partial charge in [0.2, 0.25) is 5.28 Å². The monoisotopic (exact) mass is 339 g/mol. The summed E-state index contributed by atoms with van der Waals surface area (Å²) in [5, 5.41) is 1.09. The molecule has 0 radical (unpaired) electrons. The van der Waals surface area contributed by atoms with Crippen LogP contribution in [0.15, 0.2) is 11.4 Å². The summed E-state index contributed by atoms with van der Waals surface area (Å²) in [4.78, 5) is 19.8. The Balaban J connectivity index is 2.50. The Morgan fingerprint density at radius 3 is 2.32 bits per heavy atom. The number of hydrogen-bond acceptors (Lipinski definition) is 6. The Bertz CT molecular complexity index is 614. The number of fused-ring (bicyclic) bond motifs is 1. The summed E-state index contributed by atoms with van der Waals surface area (Å²) >= 11 is 7.70. The van der Waals surface area contributed by atoms with Crippen LogP contribution in [0.2, 0.25) is 5.28 Å². The van der Waals surface area contributed by atoms with E-state index in [-0.39, 0.29) is 5.28 Å². The van der Waals surface area contributed by atoms with Crippen molar-refractivity contribution in [3.63, 3.8) is 0 Å². The van der Waals surface area contributed by atoms with E-state index in [4.69, 9.17) is 11.6 Å². The Morgan fingerprint density at radius 2 is 1.73 bits per heavy atom. The topological polar surface area (TPSA) is 54.8 Å². The zero-order chi connectivity index (χ0) is 15.9. The van der Waals surface area contributed by atoms with Crippen LogP contribution in [-0.2, 0) is 0 Å². The number of unbranched alkanes of at least 4 members (excludes halogenated alkanes) is 2. The summed E-state index contributed by atoms with van der Waals surface area (Å²) in [6, 6.07) is 0. The van der Waals surface area contributed by atoms with Crippen molar-refractivity contribution in [3.05, 3.63) is 11.6 Å². The SMILES string of the molecule is CCCCN(CCCC)c1nc(Cl)nc2c(SC)ncnc12. The molecule has 0 fully saturated rings. The van der Waals surface area contributed by atoms with Crippen LogP contribution < -0.4 is 4.90 Å². The first-order chi connectivity index (χ1) is 10.7. The maximum absolute atomic E-state index is 6.15. The highest BCUT2D eigenvalue weighted by Crippen LogP contribution is 2.28. The van der Waals surface area contributed by atoms with Crippen molar-refractivity contribution >= 4 is 40.2 Å². The van der Waals surface area contributed by atoms with Crippen molar-refractivity contribution < 1.29 is 0 Å². The fraction of sp³-hybridized carbons (Fsp3) is 0.600. The third kappa shape index (κ3) is 3.98. The zero-order valence-electron chi connectivity index (χ0n) is 13.3. The molecule has 0 atom stereocenters. The highest BCUT2D eigenvalue weighted by Gasteiger charge is 2.17. The van der Waals surface area contributed by atoms with Crippen molar-refractivity contribution in [2.24, 2.45) is 0 Å². The second-order valence-electron chi connectivity index (χ2n) is 5.09. The second-order valence-corrected chi connectivity index (χ2v) is 6.22. The van der Waals surface area contributed by atoms with Gasteiger partial charge in [-0.3, -0.25) is 0 Å². The lowest BCUT2D eigenvalue weighted by Gasteiger charge is -2.24. The van der Waals surface area contributed by atoms with Gasteiger partial charge in [0.1, 0.15) is 22.4 Å². The van der Waals surface area contributed by atoms with Gasteiger partial charge in [0.15, 0.2) is 5.82 Å². The number of halogens is 1. The summed E-state index contributed by atoms with van der Waals surface area (Å²) < 4.78 is 0. The summed E-state index contributed by atoms with van der Waals surface area (Å²) in [7, 11) is 0. The molecule has 2 heterocycles. The minimum Gasteiger partial charge on any atom is -0.355 e. The minimum absolute atomic E-state index is 0.255. The van der Waals surface area contributed by atoms with Gasteiger partial charge in [-0.25, -0.2) is 15.0 Å². The van der Waals surface area contributed by atoms with Crippen LogP contribution in [-0.4, -0.2) is 39.3 Å². The fourth-order valence-electron chi connectivity index (χ4n) is 2.28. The third-order valence-corrected chi connectivity index (χ3v) is 4.31. The van der Waals surface area contributed by atoms with Crippen LogP contribution in [0.3, 0.4) is 0 Å². The number of nitrogens with zero attached hydrogens (tertiary/aromatic N) is 5. The average molecular weight is 340 g/mol. The molecule has 0 bridgehead atoms. The third-order valence-electron chi connectivity index (χ3n) is 3.46. The van der Waals surface area contributed by atoms with E-state index in [1.807, 2.05) is 6.26 Å². The molecule has 22 heavy (non-hydrogen) atoms. The van der Waals surface area contributed by atoms with Crippen LogP contribution in [0.4, 0.5) is 5.82 Å². The van der Waals surface area contributed by atoms with Gasteiger partial charge < -0.3 is 4.90 Å². The predicted octanol–water partition coefficient (Wildman–Crippen LogP) is 4.20. The normalized spacial score (nSPS) is 11.1. The van der Waals surface area contributed by atoms with Crippen molar-refractivity contribution in [2.45, 2.75) is 44.6 Å². The van der Waals surface area contributed by atoms with Gasteiger partial charge in [-0.05, 0) is 30.7 Å². The van der Waals surface area contributed by atoms with E-state index in [0.29, 0.717) is 0 Å². The second kappa shape index (κ2) is 8.48. The molecular formula is C15H22ClN5S. The Hall–Kier alpha value is -1.14. The molecule has 0 N–H and O–H groups in total. The summed E-state index contributed by atoms with van der Waals surface area (Å²) in [6.07, 6.45) is 8.07. The molecule has 0 saturated heterocycles. The van der Waals surface area contributed by atoms with Gasteiger partial charge in [0.05, 0.1) is 0 Å². The van der Waals surface area contributed by atoms with E-state index >= 15 is 0 Å².